The second kappa shape index (κ2) is 16.9. The Kier molecular flexibility index (Phi) is 13.6. The highest BCUT2D eigenvalue weighted by molar-refractivity contribution is 6.37. The van der Waals surface area contributed by atoms with E-state index in [0.717, 1.165) is 31.4 Å². The van der Waals surface area contributed by atoms with Gasteiger partial charge in [-0.15, -0.1) is 0 Å². The SMILES string of the molecule is CCCc1ccc(N(CCOC(=O)c2c(Cl)ccc(Cl)c2OC)CCOC(=O)c2c(Cl)ccc(Cl)c2OC)cc1CCC. The number of anilines is 1. The first-order valence-electron chi connectivity index (χ1n) is 13.9. The molecule has 0 aliphatic rings. The number of benzene rings is 3. The normalized spacial score (nSPS) is 10.8. The quantitative estimate of drug-likeness (QED) is 0.150. The molecule has 0 heterocycles. The first-order valence-corrected chi connectivity index (χ1v) is 15.4. The molecule has 0 N–H and O–H groups in total. The van der Waals surface area contributed by atoms with Gasteiger partial charge in [0.05, 0.1) is 47.4 Å². The van der Waals surface area contributed by atoms with Crippen molar-refractivity contribution in [3.63, 3.8) is 0 Å². The van der Waals surface area contributed by atoms with Gasteiger partial charge < -0.3 is 23.8 Å². The Morgan fingerprint density at radius 1 is 0.651 bits per heavy atom. The zero-order valence-electron chi connectivity index (χ0n) is 24.6. The fraction of sp³-hybridized carbons (Fsp3) is 0.375. The Hall–Kier alpha value is -2.84. The Bertz CT molecular complexity index is 1350. The van der Waals surface area contributed by atoms with Gasteiger partial charge in [-0.2, -0.15) is 0 Å². The highest BCUT2D eigenvalue weighted by Crippen LogP contribution is 2.35. The summed E-state index contributed by atoms with van der Waals surface area (Å²) in [7, 11) is 2.80. The first kappa shape index (κ1) is 34.6. The van der Waals surface area contributed by atoms with Crippen LogP contribution in [0.4, 0.5) is 5.69 Å². The summed E-state index contributed by atoms with van der Waals surface area (Å²) in [6.07, 6.45) is 3.95. The number of aryl methyl sites for hydroxylation is 2. The van der Waals surface area contributed by atoms with Crippen LogP contribution in [0.2, 0.25) is 20.1 Å². The predicted molar refractivity (Wildman–Crippen MR) is 173 cm³/mol. The molecule has 0 atom stereocenters. The molecule has 0 aromatic heterocycles. The minimum Gasteiger partial charge on any atom is -0.494 e. The zero-order chi connectivity index (χ0) is 31.5. The maximum Gasteiger partial charge on any atom is 0.343 e. The van der Waals surface area contributed by atoms with Crippen molar-refractivity contribution in [1.82, 2.24) is 0 Å². The van der Waals surface area contributed by atoms with Crippen molar-refractivity contribution in [2.75, 3.05) is 45.4 Å². The third-order valence-electron chi connectivity index (χ3n) is 6.72. The third kappa shape index (κ3) is 8.85. The summed E-state index contributed by atoms with van der Waals surface area (Å²) in [6, 6.07) is 12.4. The van der Waals surface area contributed by atoms with Gasteiger partial charge in [-0.1, -0.05) is 79.2 Å². The molecule has 0 fully saturated rings. The van der Waals surface area contributed by atoms with Crippen molar-refractivity contribution in [1.29, 1.82) is 0 Å². The van der Waals surface area contributed by atoms with Crippen LogP contribution >= 0.6 is 46.4 Å². The molecule has 0 amide bonds. The predicted octanol–water partition coefficient (Wildman–Crippen LogP) is 8.74. The van der Waals surface area contributed by atoms with Crippen LogP contribution in [-0.2, 0) is 22.3 Å². The Labute approximate surface area is 272 Å². The molecule has 3 aromatic rings. The van der Waals surface area contributed by atoms with Gasteiger partial charge in [-0.25, -0.2) is 9.59 Å². The van der Waals surface area contributed by atoms with Gasteiger partial charge in [0.15, 0.2) is 11.5 Å². The van der Waals surface area contributed by atoms with Crippen LogP contribution in [0.1, 0.15) is 58.5 Å². The standard InChI is InChI=1S/C32H35Cl4NO6/c1-5-7-20-9-10-22(19-21(20)8-6-2)37(15-17-42-31(38)27-23(33)11-13-25(35)29(27)40-3)16-18-43-32(39)28-24(34)12-14-26(36)30(28)41-4/h9-14,19H,5-8,15-18H2,1-4H3. The topological polar surface area (TPSA) is 74.3 Å². The minimum atomic E-state index is -0.664. The Morgan fingerprint density at radius 2 is 1.09 bits per heavy atom. The lowest BCUT2D eigenvalue weighted by atomic mass is 9.98. The van der Waals surface area contributed by atoms with Crippen molar-refractivity contribution >= 4 is 64.0 Å². The van der Waals surface area contributed by atoms with E-state index in [1.54, 1.807) is 12.1 Å². The van der Waals surface area contributed by atoms with Gasteiger partial charge in [0.1, 0.15) is 24.3 Å². The van der Waals surface area contributed by atoms with Crippen molar-refractivity contribution in [2.24, 2.45) is 0 Å². The smallest absolute Gasteiger partial charge is 0.343 e. The largest absolute Gasteiger partial charge is 0.494 e. The van der Waals surface area contributed by atoms with E-state index in [2.05, 4.69) is 26.0 Å². The summed E-state index contributed by atoms with van der Waals surface area (Å²) in [5.41, 5.74) is 3.58. The summed E-state index contributed by atoms with van der Waals surface area (Å²) in [5, 5.41) is 0.824. The number of rotatable bonds is 15. The second-order valence-electron chi connectivity index (χ2n) is 9.59. The molecule has 11 heteroatoms. The lowest BCUT2D eigenvalue weighted by molar-refractivity contribution is 0.0501. The number of carbonyl (C=O) groups is 2. The molecule has 3 rings (SSSR count). The van der Waals surface area contributed by atoms with E-state index in [1.807, 2.05) is 11.0 Å². The van der Waals surface area contributed by atoms with Gasteiger partial charge in [-0.3, -0.25) is 0 Å². The van der Waals surface area contributed by atoms with Gasteiger partial charge in [0, 0.05) is 5.69 Å². The maximum absolute atomic E-state index is 13.0. The van der Waals surface area contributed by atoms with E-state index in [0.29, 0.717) is 13.1 Å². The molecule has 0 spiro atoms. The van der Waals surface area contributed by atoms with E-state index in [-0.39, 0.29) is 55.9 Å². The number of hydrogen-bond acceptors (Lipinski definition) is 7. The molecular formula is C32H35Cl4NO6. The molecule has 0 aliphatic heterocycles. The number of halogens is 4. The zero-order valence-corrected chi connectivity index (χ0v) is 27.6. The maximum atomic E-state index is 13.0. The van der Waals surface area contributed by atoms with Gasteiger partial charge in [0.2, 0.25) is 0 Å². The molecule has 0 bridgehead atoms. The Balaban J connectivity index is 1.80. The van der Waals surface area contributed by atoms with E-state index >= 15 is 0 Å². The molecule has 232 valence electrons. The third-order valence-corrected chi connectivity index (χ3v) is 7.94. The van der Waals surface area contributed by atoms with E-state index < -0.39 is 11.9 Å². The van der Waals surface area contributed by atoms with Crippen molar-refractivity contribution < 1.29 is 28.5 Å². The summed E-state index contributed by atoms with van der Waals surface area (Å²) in [5.74, 6) is -1.03. The first-order chi connectivity index (χ1) is 20.7. The fourth-order valence-corrected chi connectivity index (χ4v) is 5.60. The molecule has 3 aromatic carbocycles. The van der Waals surface area contributed by atoms with E-state index in [4.69, 9.17) is 65.4 Å². The lowest BCUT2D eigenvalue weighted by Crippen LogP contribution is -2.32. The monoisotopic (exact) mass is 669 g/mol. The molecule has 0 saturated carbocycles. The van der Waals surface area contributed by atoms with Crippen molar-refractivity contribution in [3.8, 4) is 11.5 Å². The summed E-state index contributed by atoms with van der Waals surface area (Å²) >= 11 is 24.9. The molecule has 43 heavy (non-hydrogen) atoms. The molecular weight excluding hydrogens is 636 g/mol. The number of esters is 2. The molecule has 7 nitrogen and oxygen atoms in total. The van der Waals surface area contributed by atoms with Crippen LogP contribution in [0.5, 0.6) is 11.5 Å². The van der Waals surface area contributed by atoms with E-state index in [1.165, 1.54) is 37.5 Å². The number of hydrogen-bond donors (Lipinski definition) is 0. The van der Waals surface area contributed by atoms with Crippen LogP contribution < -0.4 is 14.4 Å². The fourth-order valence-electron chi connectivity index (χ4n) is 4.68. The molecule has 0 aliphatic carbocycles. The summed E-state index contributed by atoms with van der Waals surface area (Å²) in [6.45, 7) is 4.96. The molecule has 0 saturated heterocycles. The highest BCUT2D eigenvalue weighted by atomic mass is 35.5. The van der Waals surface area contributed by atoms with Crippen LogP contribution in [-0.4, -0.2) is 52.5 Å². The Morgan fingerprint density at radius 3 is 1.53 bits per heavy atom. The van der Waals surface area contributed by atoms with E-state index in [9.17, 15) is 9.59 Å². The average Bonchev–Trinajstić information content (AvgIpc) is 2.99. The minimum absolute atomic E-state index is 0.0204. The number of carbonyl (C=O) groups excluding carboxylic acids is 2. The van der Waals surface area contributed by atoms with Crippen LogP contribution in [0.15, 0.2) is 42.5 Å². The van der Waals surface area contributed by atoms with Crippen molar-refractivity contribution in [2.45, 2.75) is 39.5 Å². The number of methoxy groups -OCH3 is 2. The van der Waals surface area contributed by atoms with Crippen LogP contribution in [0.3, 0.4) is 0 Å². The molecule has 0 unspecified atom stereocenters. The van der Waals surface area contributed by atoms with Gasteiger partial charge in [-0.05, 0) is 60.4 Å². The average molecular weight is 671 g/mol. The highest BCUT2D eigenvalue weighted by Gasteiger charge is 2.23. The number of ether oxygens (including phenoxy) is 4. The second-order valence-corrected chi connectivity index (χ2v) is 11.2. The lowest BCUT2D eigenvalue weighted by Gasteiger charge is -2.26. The number of nitrogens with zero attached hydrogens (tertiary/aromatic N) is 1. The van der Waals surface area contributed by atoms with Crippen molar-refractivity contribution in [3.05, 3.63) is 84.8 Å². The summed E-state index contributed by atoms with van der Waals surface area (Å²) < 4.78 is 21.8. The molecule has 0 radical (unpaired) electrons. The van der Waals surface area contributed by atoms with Crippen LogP contribution in [0, 0.1) is 0 Å². The van der Waals surface area contributed by atoms with Gasteiger partial charge in [0.25, 0.3) is 0 Å². The summed E-state index contributed by atoms with van der Waals surface area (Å²) in [4.78, 5) is 28.0. The van der Waals surface area contributed by atoms with Gasteiger partial charge >= 0.3 is 11.9 Å². The van der Waals surface area contributed by atoms with Crippen LogP contribution in [0.25, 0.3) is 0 Å².